The van der Waals surface area contributed by atoms with Crippen LogP contribution < -0.4 is 5.32 Å². The summed E-state index contributed by atoms with van der Waals surface area (Å²) in [6.07, 6.45) is 5.95. The third kappa shape index (κ3) is 4.73. The monoisotopic (exact) mass is 696 g/mol. The minimum absolute atomic E-state index is 0.00565. The molecular formula is C37H35Cl2FN8O. The predicted octanol–water partition coefficient (Wildman–Crippen LogP) is 7.42. The molecule has 3 aromatic heterocycles. The zero-order valence-electron chi connectivity index (χ0n) is 27.3. The third-order valence-corrected chi connectivity index (χ3v) is 12.2. The number of aromatic nitrogens is 5. The SMILES string of the molecule is Cc1nc2c(F)c(-c3cccc(Cl)c3Cl)c(CCC#N)cc2c2c1cc([C@H]1C[C@H](n3nncc3C)CN1C(=O)C1CC1)n2[C@H]1[C@H]2CN[C@@H]1C2. The molecule has 2 aliphatic carbocycles. The molecule has 9 nitrogen and oxygen atoms in total. The van der Waals surface area contributed by atoms with Crippen LogP contribution in [-0.4, -0.2) is 54.5 Å². The number of halogens is 3. The third-order valence-electron chi connectivity index (χ3n) is 11.4. The summed E-state index contributed by atoms with van der Waals surface area (Å²) in [6, 6.07) is 11.9. The maximum atomic E-state index is 17.1. The van der Waals surface area contributed by atoms with E-state index in [1.165, 1.54) is 0 Å². The zero-order valence-corrected chi connectivity index (χ0v) is 28.8. The van der Waals surface area contributed by atoms with Crippen LogP contribution in [-0.2, 0) is 11.2 Å². The van der Waals surface area contributed by atoms with E-state index in [9.17, 15) is 10.1 Å². The Bertz CT molecular complexity index is 2220. The molecule has 3 saturated heterocycles. The van der Waals surface area contributed by atoms with Gasteiger partial charge in [-0.05, 0) is 75.6 Å². The average molecular weight is 698 g/mol. The molecule has 49 heavy (non-hydrogen) atoms. The van der Waals surface area contributed by atoms with E-state index in [2.05, 4.69) is 37.2 Å². The Morgan fingerprint density at radius 2 is 2.00 bits per heavy atom. The van der Waals surface area contributed by atoms with Gasteiger partial charge in [0, 0.05) is 64.8 Å². The molecule has 250 valence electrons. The van der Waals surface area contributed by atoms with E-state index < -0.39 is 5.82 Å². The van der Waals surface area contributed by atoms with Gasteiger partial charge in [0.25, 0.3) is 0 Å². The summed E-state index contributed by atoms with van der Waals surface area (Å²) < 4.78 is 21.5. The van der Waals surface area contributed by atoms with Gasteiger partial charge in [0.15, 0.2) is 5.82 Å². The molecule has 0 radical (unpaired) electrons. The number of likely N-dealkylation sites (tertiary alicyclic amines) is 1. The van der Waals surface area contributed by atoms with Gasteiger partial charge in [-0.3, -0.25) is 4.79 Å². The van der Waals surface area contributed by atoms with Crippen molar-refractivity contribution in [2.24, 2.45) is 11.8 Å². The van der Waals surface area contributed by atoms with E-state index in [1.54, 1.807) is 24.4 Å². The lowest BCUT2D eigenvalue weighted by molar-refractivity contribution is -0.133. The molecule has 2 aromatic carbocycles. The number of hydrogen-bond acceptors (Lipinski definition) is 6. The normalized spacial score (nSPS) is 24.6. The van der Waals surface area contributed by atoms with Crippen LogP contribution >= 0.6 is 23.2 Å². The van der Waals surface area contributed by atoms with Gasteiger partial charge in [-0.25, -0.2) is 14.1 Å². The molecule has 3 aliphatic heterocycles. The van der Waals surface area contributed by atoms with E-state index in [0.717, 1.165) is 53.8 Å². The molecule has 5 aliphatic rings. The van der Waals surface area contributed by atoms with Crippen LogP contribution in [0.15, 0.2) is 36.5 Å². The first-order valence-corrected chi connectivity index (χ1v) is 17.9. The number of hydrogen-bond donors (Lipinski definition) is 1. The summed E-state index contributed by atoms with van der Waals surface area (Å²) in [7, 11) is 0. The number of carbonyl (C=O) groups excluding carboxylic acids is 1. The van der Waals surface area contributed by atoms with Gasteiger partial charge >= 0.3 is 0 Å². The molecular weight excluding hydrogens is 662 g/mol. The molecule has 6 heterocycles. The van der Waals surface area contributed by atoms with Crippen molar-refractivity contribution in [3.63, 3.8) is 0 Å². The van der Waals surface area contributed by atoms with Crippen LogP contribution in [0.25, 0.3) is 32.9 Å². The lowest BCUT2D eigenvalue weighted by Gasteiger charge is -2.39. The molecule has 0 unspecified atom stereocenters. The van der Waals surface area contributed by atoms with Crippen molar-refractivity contribution in [3.05, 3.63) is 75.0 Å². The molecule has 5 atom stereocenters. The number of pyridine rings is 1. The maximum absolute atomic E-state index is 17.1. The molecule has 1 N–H and O–H groups in total. The van der Waals surface area contributed by atoms with Crippen LogP contribution in [0.5, 0.6) is 0 Å². The molecule has 5 aromatic rings. The number of aryl methyl sites for hydroxylation is 3. The molecule has 2 saturated carbocycles. The minimum atomic E-state index is -0.475. The molecule has 2 bridgehead atoms. The van der Waals surface area contributed by atoms with Gasteiger partial charge in [0.05, 0.1) is 51.6 Å². The number of carbonyl (C=O) groups is 1. The van der Waals surface area contributed by atoms with Crippen molar-refractivity contribution < 1.29 is 9.18 Å². The first kappa shape index (κ1) is 31.0. The van der Waals surface area contributed by atoms with Crippen molar-refractivity contribution in [1.82, 2.24) is 34.8 Å². The highest BCUT2D eigenvalue weighted by atomic mass is 35.5. The summed E-state index contributed by atoms with van der Waals surface area (Å²) in [4.78, 5) is 20.9. The van der Waals surface area contributed by atoms with E-state index >= 15 is 4.39 Å². The number of nitrogens with one attached hydrogen (secondary N) is 1. The lowest BCUT2D eigenvalue weighted by Crippen LogP contribution is -2.41. The minimum Gasteiger partial charge on any atom is -0.337 e. The summed E-state index contributed by atoms with van der Waals surface area (Å²) in [5, 5.41) is 24.1. The number of rotatable bonds is 7. The van der Waals surface area contributed by atoms with Crippen molar-refractivity contribution in [3.8, 4) is 17.2 Å². The highest BCUT2D eigenvalue weighted by Crippen LogP contribution is 2.52. The number of amides is 1. The maximum Gasteiger partial charge on any atom is 0.226 e. The fourth-order valence-corrected chi connectivity index (χ4v) is 9.23. The summed E-state index contributed by atoms with van der Waals surface area (Å²) in [6.45, 7) is 5.42. The van der Waals surface area contributed by atoms with Gasteiger partial charge in [-0.2, -0.15) is 5.26 Å². The molecule has 1 amide bonds. The quantitative estimate of drug-likeness (QED) is 0.190. The Morgan fingerprint density at radius 1 is 1.16 bits per heavy atom. The molecule has 10 rings (SSSR count). The second-order valence-corrected chi connectivity index (χ2v) is 15.1. The van der Waals surface area contributed by atoms with Crippen molar-refractivity contribution in [2.45, 2.75) is 76.5 Å². The Morgan fingerprint density at radius 3 is 2.69 bits per heavy atom. The predicted molar refractivity (Wildman–Crippen MR) is 186 cm³/mol. The standard InChI is InChI=1S/C37H35Cl2FN8O/c1-18-15-43-45-48(18)23-13-29(46(17-23)37(49)20-8-9-20)30-14-25-19(2)44-34-26(36(25)47(30)35-22-12-28(35)42-16-22)11-21(5-4-10-41)31(33(34)40)24-6-3-7-27(38)32(24)39/h3,6-7,11,14-15,20,22-23,28-29,35,42H,4-5,8-9,12-13,16-17H2,1-2H3/t22-,23+,28-,29-,35+/m1/s1. The highest BCUT2D eigenvalue weighted by Gasteiger charge is 2.51. The van der Waals surface area contributed by atoms with Crippen LogP contribution in [0, 0.1) is 42.8 Å². The summed E-state index contributed by atoms with van der Waals surface area (Å²) in [5.74, 6) is 0.217. The first-order chi connectivity index (χ1) is 23.7. The topological polar surface area (TPSA) is 105 Å². The summed E-state index contributed by atoms with van der Waals surface area (Å²) >= 11 is 13.1. The smallest absolute Gasteiger partial charge is 0.226 e. The van der Waals surface area contributed by atoms with E-state index in [1.807, 2.05) is 24.6 Å². The second-order valence-electron chi connectivity index (χ2n) is 14.3. The van der Waals surface area contributed by atoms with Gasteiger partial charge in [-0.15, -0.1) is 5.10 Å². The first-order valence-electron chi connectivity index (χ1n) is 17.1. The highest BCUT2D eigenvalue weighted by molar-refractivity contribution is 6.43. The van der Waals surface area contributed by atoms with Gasteiger partial charge in [0.1, 0.15) is 5.52 Å². The van der Waals surface area contributed by atoms with Gasteiger partial charge < -0.3 is 14.8 Å². The van der Waals surface area contributed by atoms with Crippen LogP contribution in [0.2, 0.25) is 10.0 Å². The van der Waals surface area contributed by atoms with E-state index in [4.69, 9.17) is 28.2 Å². The van der Waals surface area contributed by atoms with Crippen molar-refractivity contribution >= 4 is 50.9 Å². The van der Waals surface area contributed by atoms with E-state index in [0.29, 0.717) is 52.4 Å². The van der Waals surface area contributed by atoms with Crippen molar-refractivity contribution in [1.29, 1.82) is 5.26 Å². The largest absolute Gasteiger partial charge is 0.337 e. The van der Waals surface area contributed by atoms with Gasteiger partial charge in [0.2, 0.25) is 5.91 Å². The van der Waals surface area contributed by atoms with Crippen molar-refractivity contribution in [2.75, 3.05) is 13.1 Å². The van der Waals surface area contributed by atoms with Crippen LogP contribution in [0.1, 0.15) is 72.9 Å². The number of nitrogens with zero attached hydrogens (tertiary/aromatic N) is 7. The van der Waals surface area contributed by atoms with Gasteiger partial charge in [-0.1, -0.05) is 40.5 Å². The molecule has 12 heteroatoms. The number of benzene rings is 2. The van der Waals surface area contributed by atoms with Crippen LogP contribution in [0.3, 0.4) is 0 Å². The average Bonchev–Trinajstić information content (AvgIpc) is 3.53. The molecule has 5 fully saturated rings. The lowest BCUT2D eigenvalue weighted by atomic mass is 9.79. The zero-order chi connectivity index (χ0) is 33.7. The Labute approximate surface area is 293 Å². The number of nitriles is 1. The fourth-order valence-electron chi connectivity index (χ4n) is 8.83. The van der Waals surface area contributed by atoms with E-state index in [-0.39, 0.29) is 53.0 Å². The van der Waals surface area contributed by atoms with Crippen LogP contribution in [0.4, 0.5) is 4.39 Å². The Balaban J connectivity index is 1.30. The molecule has 0 spiro atoms. The Kier molecular flexibility index (Phi) is 7.28. The fraction of sp³-hybridized carbons (Fsp3) is 0.432. The number of fused-ring (bicyclic) bond motifs is 4. The summed E-state index contributed by atoms with van der Waals surface area (Å²) in [5.41, 5.74) is 5.42. The second kappa shape index (κ2) is 11.5. The Hall–Kier alpha value is -4.04.